The Kier molecular flexibility index (Phi) is 4.72. The summed E-state index contributed by atoms with van der Waals surface area (Å²) < 4.78 is 7.22. The molecule has 1 aromatic rings. The molecule has 0 aromatic heterocycles. The van der Waals surface area contributed by atoms with Gasteiger partial charge in [0.2, 0.25) is 0 Å². The highest BCUT2D eigenvalue weighted by Gasteiger charge is 2.49. The minimum atomic E-state index is -0.226. The van der Waals surface area contributed by atoms with Crippen LogP contribution in [0.2, 0.25) is 5.02 Å². The van der Waals surface area contributed by atoms with Crippen molar-refractivity contribution in [1.29, 1.82) is 0 Å². The van der Waals surface area contributed by atoms with Crippen LogP contribution >= 0.6 is 34.2 Å². The molecule has 1 aliphatic rings. The second-order valence-corrected chi connectivity index (χ2v) is 8.16. The predicted molar refractivity (Wildman–Crippen MR) is 91.6 cm³/mol. The number of benzene rings is 1. The number of hydrazine groups is 1. The Labute approximate surface area is 139 Å². The highest BCUT2D eigenvalue weighted by Crippen LogP contribution is 2.47. The van der Waals surface area contributed by atoms with E-state index in [9.17, 15) is 0 Å². The van der Waals surface area contributed by atoms with Crippen LogP contribution in [0.1, 0.15) is 45.7 Å². The summed E-state index contributed by atoms with van der Waals surface area (Å²) in [5.74, 6) is 6.12. The van der Waals surface area contributed by atoms with Crippen molar-refractivity contribution < 1.29 is 4.74 Å². The number of ether oxygens (including phenoxy) is 1. The fourth-order valence-electron chi connectivity index (χ4n) is 3.27. The number of rotatable bonds is 3. The van der Waals surface area contributed by atoms with E-state index in [2.05, 4.69) is 61.8 Å². The molecular formula is C15H22ClIN2O. The zero-order valence-corrected chi connectivity index (χ0v) is 15.2. The molecule has 2 atom stereocenters. The molecule has 0 spiro atoms. The molecule has 0 amide bonds. The van der Waals surface area contributed by atoms with E-state index in [0.717, 1.165) is 20.6 Å². The van der Waals surface area contributed by atoms with E-state index in [1.807, 2.05) is 12.1 Å². The van der Waals surface area contributed by atoms with Crippen LogP contribution in [-0.2, 0) is 4.74 Å². The van der Waals surface area contributed by atoms with Gasteiger partial charge >= 0.3 is 0 Å². The first-order valence-corrected chi connectivity index (χ1v) is 8.23. The third-order valence-electron chi connectivity index (χ3n) is 4.03. The van der Waals surface area contributed by atoms with Crippen molar-refractivity contribution in [3.05, 3.63) is 32.4 Å². The average molecular weight is 409 g/mol. The summed E-state index contributed by atoms with van der Waals surface area (Å²) in [5, 5.41) is 0.763. The van der Waals surface area contributed by atoms with Crippen molar-refractivity contribution >= 4 is 34.2 Å². The Morgan fingerprint density at radius 2 is 2.05 bits per heavy atom. The van der Waals surface area contributed by atoms with Gasteiger partial charge in [0.15, 0.2) is 0 Å². The van der Waals surface area contributed by atoms with E-state index in [4.69, 9.17) is 22.2 Å². The van der Waals surface area contributed by atoms with Gasteiger partial charge in [0.1, 0.15) is 0 Å². The van der Waals surface area contributed by atoms with Crippen molar-refractivity contribution in [1.82, 2.24) is 5.43 Å². The van der Waals surface area contributed by atoms with E-state index in [1.54, 1.807) is 0 Å². The van der Waals surface area contributed by atoms with Gasteiger partial charge in [0.25, 0.3) is 0 Å². The van der Waals surface area contributed by atoms with Gasteiger partial charge in [0, 0.05) is 9.49 Å². The molecule has 20 heavy (non-hydrogen) atoms. The van der Waals surface area contributed by atoms with Crippen LogP contribution in [0.3, 0.4) is 0 Å². The van der Waals surface area contributed by atoms with Crippen molar-refractivity contribution in [3.8, 4) is 0 Å². The summed E-state index contributed by atoms with van der Waals surface area (Å²) in [6, 6.07) is 6.13. The van der Waals surface area contributed by atoms with Crippen molar-refractivity contribution in [2.24, 2.45) is 11.8 Å². The first-order chi connectivity index (χ1) is 9.16. The van der Waals surface area contributed by atoms with Gasteiger partial charge in [-0.15, -0.1) is 0 Å². The standard InChI is InChI=1S/C15H22ClIN2O/c1-14(2)8-10(15(3,4)20-14)13(19-18)9-5-6-12(17)11(16)7-9/h5-7,10,13,19H,8,18H2,1-4H3. The molecular weight excluding hydrogens is 387 g/mol. The summed E-state index contributed by atoms with van der Waals surface area (Å²) in [5.41, 5.74) is 3.71. The van der Waals surface area contributed by atoms with Gasteiger partial charge < -0.3 is 4.74 Å². The minimum absolute atomic E-state index is 0.0290. The predicted octanol–water partition coefficient (Wildman–Crippen LogP) is 4.04. The SMILES string of the molecule is CC1(C)CC(C(NN)c2ccc(I)c(Cl)c2)C(C)(C)O1. The molecule has 0 saturated carbocycles. The monoisotopic (exact) mass is 408 g/mol. The fourth-order valence-corrected chi connectivity index (χ4v) is 3.80. The average Bonchev–Trinajstić information content (AvgIpc) is 2.53. The summed E-state index contributed by atoms with van der Waals surface area (Å²) in [6.45, 7) is 8.52. The normalized spacial score (nSPS) is 25.6. The molecule has 0 radical (unpaired) electrons. The van der Waals surface area contributed by atoms with Crippen molar-refractivity contribution in [2.75, 3.05) is 0 Å². The van der Waals surface area contributed by atoms with Crippen LogP contribution in [0.5, 0.6) is 0 Å². The Hall–Kier alpha value is 0.120. The highest BCUT2D eigenvalue weighted by atomic mass is 127. The molecule has 2 rings (SSSR count). The number of halogens is 2. The van der Waals surface area contributed by atoms with Crippen LogP contribution in [0, 0.1) is 9.49 Å². The van der Waals surface area contributed by atoms with E-state index in [0.29, 0.717) is 5.92 Å². The van der Waals surface area contributed by atoms with E-state index < -0.39 is 0 Å². The van der Waals surface area contributed by atoms with Gasteiger partial charge in [-0.25, -0.2) is 0 Å². The lowest BCUT2D eigenvalue weighted by molar-refractivity contribution is -0.0779. The second-order valence-electron chi connectivity index (χ2n) is 6.59. The maximum atomic E-state index is 6.24. The molecule has 3 N–H and O–H groups in total. The largest absolute Gasteiger partial charge is 0.369 e. The lowest BCUT2D eigenvalue weighted by Gasteiger charge is -2.33. The van der Waals surface area contributed by atoms with Gasteiger partial charge in [-0.3, -0.25) is 11.3 Å². The molecule has 5 heteroatoms. The first-order valence-electron chi connectivity index (χ1n) is 6.77. The van der Waals surface area contributed by atoms with Crippen molar-refractivity contribution in [2.45, 2.75) is 51.4 Å². The summed E-state index contributed by atoms with van der Waals surface area (Å²) in [6.07, 6.45) is 0.957. The molecule has 3 nitrogen and oxygen atoms in total. The highest BCUT2D eigenvalue weighted by molar-refractivity contribution is 14.1. The molecule has 1 aliphatic heterocycles. The Bertz CT molecular complexity index is 505. The Morgan fingerprint density at radius 1 is 1.40 bits per heavy atom. The van der Waals surface area contributed by atoms with Crippen LogP contribution in [-0.4, -0.2) is 11.2 Å². The number of nitrogens with two attached hydrogens (primary N) is 1. The second kappa shape index (κ2) is 5.72. The zero-order chi connectivity index (χ0) is 15.1. The molecule has 0 aliphatic carbocycles. The molecule has 112 valence electrons. The first kappa shape index (κ1) is 16.5. The van der Waals surface area contributed by atoms with Crippen LogP contribution < -0.4 is 11.3 Å². The van der Waals surface area contributed by atoms with Gasteiger partial charge in [-0.2, -0.15) is 0 Å². The van der Waals surface area contributed by atoms with Crippen LogP contribution in [0.4, 0.5) is 0 Å². The van der Waals surface area contributed by atoms with E-state index in [-0.39, 0.29) is 17.2 Å². The third-order valence-corrected chi connectivity index (χ3v) is 5.60. The maximum Gasteiger partial charge on any atom is 0.0681 e. The Morgan fingerprint density at radius 3 is 2.50 bits per heavy atom. The molecule has 1 saturated heterocycles. The van der Waals surface area contributed by atoms with Gasteiger partial charge in [0.05, 0.1) is 22.3 Å². The summed E-state index contributed by atoms with van der Waals surface area (Å²) >= 11 is 8.47. The van der Waals surface area contributed by atoms with Crippen LogP contribution in [0.15, 0.2) is 18.2 Å². The number of nitrogens with one attached hydrogen (secondary N) is 1. The minimum Gasteiger partial charge on any atom is -0.369 e. The molecule has 1 aromatic carbocycles. The van der Waals surface area contributed by atoms with Crippen molar-refractivity contribution in [3.63, 3.8) is 0 Å². The van der Waals surface area contributed by atoms with Gasteiger partial charge in [-0.1, -0.05) is 17.7 Å². The molecule has 1 fully saturated rings. The lowest BCUT2D eigenvalue weighted by Crippen LogP contribution is -2.41. The topological polar surface area (TPSA) is 47.3 Å². The Balaban J connectivity index is 2.35. The number of hydrogen-bond acceptors (Lipinski definition) is 3. The maximum absolute atomic E-state index is 6.24. The van der Waals surface area contributed by atoms with E-state index >= 15 is 0 Å². The zero-order valence-electron chi connectivity index (χ0n) is 12.3. The quantitative estimate of drug-likeness (QED) is 0.451. The third kappa shape index (κ3) is 3.30. The molecule has 2 unspecified atom stereocenters. The van der Waals surface area contributed by atoms with Gasteiger partial charge in [-0.05, 0) is 74.4 Å². The lowest BCUT2D eigenvalue weighted by atomic mass is 9.79. The molecule has 0 bridgehead atoms. The number of hydrogen-bond donors (Lipinski definition) is 2. The molecule has 1 heterocycles. The summed E-state index contributed by atoms with van der Waals surface area (Å²) in [4.78, 5) is 0. The summed E-state index contributed by atoms with van der Waals surface area (Å²) in [7, 11) is 0. The van der Waals surface area contributed by atoms with E-state index in [1.165, 1.54) is 0 Å². The smallest absolute Gasteiger partial charge is 0.0681 e. The van der Waals surface area contributed by atoms with Crippen LogP contribution in [0.25, 0.3) is 0 Å². The fraction of sp³-hybridized carbons (Fsp3) is 0.600.